The van der Waals surface area contributed by atoms with Crippen molar-refractivity contribution in [2.75, 3.05) is 28.4 Å². The van der Waals surface area contributed by atoms with E-state index in [9.17, 15) is 18.0 Å². The minimum absolute atomic E-state index is 0.0232. The molecular formula is C28H27F3N4O5S. The fraction of sp³-hybridized carbons (Fsp3) is 0.250. The van der Waals surface area contributed by atoms with Crippen LogP contribution in [0.5, 0.6) is 23.0 Å². The van der Waals surface area contributed by atoms with Gasteiger partial charge in [0.2, 0.25) is 5.75 Å². The number of aromatic nitrogens is 3. The highest BCUT2D eigenvalue weighted by Crippen LogP contribution is 2.38. The molecule has 1 amide bonds. The minimum atomic E-state index is -4.44. The Labute approximate surface area is 238 Å². The number of halogens is 3. The number of hydrogen-bond acceptors (Lipinski definition) is 8. The topological polar surface area (TPSA) is 96.7 Å². The van der Waals surface area contributed by atoms with Gasteiger partial charge in [-0.3, -0.25) is 9.36 Å². The van der Waals surface area contributed by atoms with E-state index in [0.29, 0.717) is 45.2 Å². The molecule has 0 fully saturated rings. The van der Waals surface area contributed by atoms with E-state index in [-0.39, 0.29) is 17.9 Å². The van der Waals surface area contributed by atoms with Crippen LogP contribution in [-0.4, -0.2) is 49.1 Å². The molecule has 0 aliphatic heterocycles. The van der Waals surface area contributed by atoms with Gasteiger partial charge in [0, 0.05) is 11.3 Å². The number of ether oxygens (including phenoxy) is 4. The minimum Gasteiger partial charge on any atom is -0.495 e. The summed E-state index contributed by atoms with van der Waals surface area (Å²) in [5.74, 6) is 1.66. The van der Waals surface area contributed by atoms with Gasteiger partial charge in [0.05, 0.1) is 46.2 Å². The van der Waals surface area contributed by atoms with Crippen molar-refractivity contribution in [1.29, 1.82) is 0 Å². The number of thioether (sulfide) groups is 1. The van der Waals surface area contributed by atoms with Crippen molar-refractivity contribution in [3.63, 3.8) is 0 Å². The zero-order chi connectivity index (χ0) is 29.6. The van der Waals surface area contributed by atoms with Crippen molar-refractivity contribution in [1.82, 2.24) is 20.1 Å². The fourth-order valence-electron chi connectivity index (χ4n) is 4.02. The van der Waals surface area contributed by atoms with E-state index in [1.807, 2.05) is 0 Å². The van der Waals surface area contributed by atoms with Crippen LogP contribution >= 0.6 is 11.8 Å². The summed E-state index contributed by atoms with van der Waals surface area (Å²) in [5.41, 5.74) is 0.610. The molecule has 9 nitrogen and oxygen atoms in total. The second kappa shape index (κ2) is 12.9. The molecule has 216 valence electrons. The molecule has 0 radical (unpaired) electrons. The Morgan fingerprint density at radius 2 is 1.56 bits per heavy atom. The first-order valence-corrected chi connectivity index (χ1v) is 13.1. The lowest BCUT2D eigenvalue weighted by Crippen LogP contribution is -2.25. The normalized spacial score (nSPS) is 11.2. The van der Waals surface area contributed by atoms with Crippen LogP contribution in [-0.2, 0) is 18.5 Å². The highest BCUT2D eigenvalue weighted by molar-refractivity contribution is 7.98. The van der Waals surface area contributed by atoms with Gasteiger partial charge in [0.25, 0.3) is 5.91 Å². The monoisotopic (exact) mass is 588 g/mol. The average molecular weight is 589 g/mol. The molecule has 0 saturated heterocycles. The van der Waals surface area contributed by atoms with Crippen LogP contribution in [0, 0.1) is 0 Å². The van der Waals surface area contributed by atoms with E-state index in [0.717, 1.165) is 12.1 Å². The van der Waals surface area contributed by atoms with E-state index in [1.165, 1.54) is 58.4 Å². The molecule has 0 atom stereocenters. The van der Waals surface area contributed by atoms with E-state index in [2.05, 4.69) is 15.5 Å². The molecule has 1 N–H and O–H groups in total. The molecule has 41 heavy (non-hydrogen) atoms. The molecule has 4 aromatic rings. The molecule has 1 aromatic heterocycles. The van der Waals surface area contributed by atoms with Crippen molar-refractivity contribution < 1.29 is 36.9 Å². The van der Waals surface area contributed by atoms with Crippen LogP contribution in [0.3, 0.4) is 0 Å². The molecule has 4 rings (SSSR count). The summed E-state index contributed by atoms with van der Waals surface area (Å²) in [4.78, 5) is 13.1. The van der Waals surface area contributed by atoms with Gasteiger partial charge in [-0.25, -0.2) is 0 Å². The van der Waals surface area contributed by atoms with Crippen LogP contribution in [0.1, 0.15) is 27.3 Å². The number of nitrogens with one attached hydrogen (secondary N) is 1. The number of carbonyl (C=O) groups is 1. The summed E-state index contributed by atoms with van der Waals surface area (Å²) in [7, 11) is 5.89. The Morgan fingerprint density at radius 1 is 0.878 bits per heavy atom. The Kier molecular flexibility index (Phi) is 9.28. The number of rotatable bonds is 11. The summed E-state index contributed by atoms with van der Waals surface area (Å²) in [6.45, 7) is -0.0232. The summed E-state index contributed by atoms with van der Waals surface area (Å²) >= 11 is 1.21. The van der Waals surface area contributed by atoms with Crippen LogP contribution in [0.2, 0.25) is 0 Å². The zero-order valence-electron chi connectivity index (χ0n) is 22.6. The van der Waals surface area contributed by atoms with Crippen molar-refractivity contribution in [2.24, 2.45) is 0 Å². The lowest BCUT2D eigenvalue weighted by atomic mass is 10.1. The van der Waals surface area contributed by atoms with Gasteiger partial charge in [-0.1, -0.05) is 42.1 Å². The number of para-hydroxylation sites is 2. The predicted molar refractivity (Wildman–Crippen MR) is 146 cm³/mol. The molecule has 0 bridgehead atoms. The second-order valence-corrected chi connectivity index (χ2v) is 9.43. The number of carbonyl (C=O) groups excluding carboxylic acids is 1. The lowest BCUT2D eigenvalue weighted by Gasteiger charge is -2.15. The largest absolute Gasteiger partial charge is 0.495 e. The second-order valence-electron chi connectivity index (χ2n) is 8.49. The van der Waals surface area contributed by atoms with Crippen molar-refractivity contribution in [3.05, 3.63) is 83.2 Å². The Bertz CT molecular complexity index is 1500. The van der Waals surface area contributed by atoms with Gasteiger partial charge >= 0.3 is 6.18 Å². The molecule has 0 saturated carbocycles. The van der Waals surface area contributed by atoms with Crippen molar-refractivity contribution >= 4 is 17.7 Å². The molecule has 13 heteroatoms. The van der Waals surface area contributed by atoms with Crippen LogP contribution < -0.4 is 24.3 Å². The van der Waals surface area contributed by atoms with E-state index < -0.39 is 17.6 Å². The van der Waals surface area contributed by atoms with E-state index >= 15 is 0 Å². The summed E-state index contributed by atoms with van der Waals surface area (Å²) < 4.78 is 62.8. The number of methoxy groups -OCH3 is 4. The Balaban J connectivity index is 1.62. The van der Waals surface area contributed by atoms with Crippen LogP contribution in [0.15, 0.2) is 65.8 Å². The molecule has 0 aliphatic rings. The Morgan fingerprint density at radius 3 is 2.20 bits per heavy atom. The number of hydrogen-bond donors (Lipinski definition) is 1. The van der Waals surface area contributed by atoms with Gasteiger partial charge in [-0.2, -0.15) is 13.2 Å². The Hall–Kier alpha value is -4.39. The number of amides is 1. The van der Waals surface area contributed by atoms with Gasteiger partial charge in [-0.15, -0.1) is 10.2 Å². The molecule has 0 spiro atoms. The van der Waals surface area contributed by atoms with Gasteiger partial charge in [-0.05, 0) is 35.9 Å². The highest BCUT2D eigenvalue weighted by Gasteiger charge is 2.30. The number of nitrogens with zero attached hydrogens (tertiary/aromatic N) is 3. The van der Waals surface area contributed by atoms with Crippen LogP contribution in [0.4, 0.5) is 13.2 Å². The standard InChI is InChI=1S/C28H27F3N4O5S/c1-37-21-11-6-5-10-20(21)35-24(15-32-26(36)18-13-22(38-2)25(40-4)23(14-18)39-3)33-34-27(35)41-16-17-8-7-9-19(12-17)28(29,30)31/h5-14H,15-16H2,1-4H3,(H,32,36). The van der Waals surface area contributed by atoms with Crippen molar-refractivity contribution in [3.8, 4) is 28.7 Å². The predicted octanol–water partition coefficient (Wildman–Crippen LogP) is 5.54. The molecular weight excluding hydrogens is 561 g/mol. The zero-order valence-corrected chi connectivity index (χ0v) is 23.4. The molecule has 0 unspecified atom stereocenters. The summed E-state index contributed by atoms with van der Waals surface area (Å²) in [6, 6.07) is 15.3. The molecule has 1 heterocycles. The average Bonchev–Trinajstić information content (AvgIpc) is 3.39. The molecule has 0 aliphatic carbocycles. The summed E-state index contributed by atoms with van der Waals surface area (Å²) in [6.07, 6.45) is -4.44. The third-order valence-electron chi connectivity index (χ3n) is 5.98. The first-order chi connectivity index (χ1) is 19.7. The number of benzene rings is 3. The summed E-state index contributed by atoms with van der Waals surface area (Å²) in [5, 5.41) is 11.8. The van der Waals surface area contributed by atoms with Crippen LogP contribution in [0.25, 0.3) is 5.69 Å². The quantitative estimate of drug-likeness (QED) is 0.228. The number of alkyl halides is 3. The first kappa shape index (κ1) is 29.6. The SMILES string of the molecule is COc1ccccc1-n1c(CNC(=O)c2cc(OC)c(OC)c(OC)c2)nnc1SCc1cccc(C(F)(F)F)c1. The third kappa shape index (κ3) is 6.68. The fourth-order valence-corrected chi connectivity index (χ4v) is 4.93. The van der Waals surface area contributed by atoms with E-state index in [4.69, 9.17) is 18.9 Å². The van der Waals surface area contributed by atoms with Gasteiger partial charge in [0.15, 0.2) is 22.5 Å². The van der Waals surface area contributed by atoms with Gasteiger partial charge in [0.1, 0.15) is 5.75 Å². The lowest BCUT2D eigenvalue weighted by molar-refractivity contribution is -0.137. The maximum Gasteiger partial charge on any atom is 0.416 e. The van der Waals surface area contributed by atoms with Crippen molar-refractivity contribution in [2.45, 2.75) is 23.6 Å². The highest BCUT2D eigenvalue weighted by atomic mass is 32.2. The first-order valence-electron chi connectivity index (χ1n) is 12.1. The maximum atomic E-state index is 13.2. The maximum absolute atomic E-state index is 13.2. The molecule has 3 aromatic carbocycles. The smallest absolute Gasteiger partial charge is 0.416 e. The third-order valence-corrected chi connectivity index (χ3v) is 6.98. The van der Waals surface area contributed by atoms with E-state index in [1.54, 1.807) is 34.9 Å². The van der Waals surface area contributed by atoms with Gasteiger partial charge < -0.3 is 24.3 Å².